The number of aryl methyl sites for hydroxylation is 6. The van der Waals surface area contributed by atoms with Gasteiger partial charge in [-0.15, -0.1) is 90.0 Å². The quantitative estimate of drug-likeness (QED) is 0.108. The smallest absolute Gasteiger partial charge is 0.501 e. The van der Waals surface area contributed by atoms with E-state index in [0.29, 0.717) is 44.4 Å². The van der Waals surface area contributed by atoms with Crippen LogP contribution >= 0.6 is 0 Å². The van der Waals surface area contributed by atoms with Crippen LogP contribution in [0.2, 0.25) is 0 Å². The third-order valence-electron chi connectivity index (χ3n) is 10.1. The molecule has 5 nitrogen and oxygen atoms in total. The second kappa shape index (κ2) is 19.4. The first kappa shape index (κ1) is 28.4. The van der Waals surface area contributed by atoms with Gasteiger partial charge in [0.05, 0.1) is 20.0 Å². The van der Waals surface area contributed by atoms with Gasteiger partial charge >= 0.3 is 20.1 Å². The molecule has 6 aromatic carbocycles. The van der Waals surface area contributed by atoms with Crippen LogP contribution in [-0.4, -0.2) is 15.0 Å². The number of hydrogen-bond acceptors (Lipinski definition) is 5. The molecule has 4 aromatic heterocycles. The predicted octanol–water partition coefficient (Wildman–Crippen LogP) is 13.1. The summed E-state index contributed by atoms with van der Waals surface area (Å²) in [5.41, 5.74) is 0.974. The number of fused-ring (bicyclic) bond motifs is 3. The maximum Gasteiger partial charge on any atom is 3.00 e. The molecule has 0 unspecified atom stereocenters. The van der Waals surface area contributed by atoms with E-state index in [-0.39, 0.29) is 76.9 Å². The molecule has 6 heteroatoms. The van der Waals surface area contributed by atoms with Gasteiger partial charge in [0.1, 0.15) is 5.58 Å². The Labute approximate surface area is 407 Å². The van der Waals surface area contributed by atoms with Crippen molar-refractivity contribution in [2.45, 2.75) is 38.2 Å². The molecule has 0 aliphatic rings. The fourth-order valence-corrected chi connectivity index (χ4v) is 7.05. The van der Waals surface area contributed by atoms with E-state index in [1.54, 1.807) is 84.9 Å². The van der Waals surface area contributed by atoms with E-state index in [9.17, 15) is 21.7 Å². The second-order valence-electron chi connectivity index (χ2n) is 14.3. The Bertz CT molecular complexity index is 3770. The number of nitrogens with zero attached hydrogens (tertiary/aromatic N) is 4. The number of nitriles is 1. The van der Waals surface area contributed by atoms with E-state index in [1.165, 1.54) is 36.4 Å². The molecule has 0 aliphatic heterocycles. The van der Waals surface area contributed by atoms with E-state index in [2.05, 4.69) is 33.2 Å². The van der Waals surface area contributed by atoms with Gasteiger partial charge in [-0.25, -0.2) is 0 Å². The summed E-state index contributed by atoms with van der Waals surface area (Å²) in [6, 6.07) is 48.1. The van der Waals surface area contributed by atoms with Crippen molar-refractivity contribution in [3.05, 3.63) is 233 Å². The van der Waals surface area contributed by atoms with Crippen LogP contribution in [0.25, 0.3) is 66.8 Å². The van der Waals surface area contributed by atoms with Crippen molar-refractivity contribution in [2.24, 2.45) is 0 Å². The van der Waals surface area contributed by atoms with Crippen LogP contribution in [-0.2, 0) is 58.3 Å². The molecule has 0 amide bonds. The van der Waals surface area contributed by atoms with E-state index in [1.807, 2.05) is 12.1 Å². The van der Waals surface area contributed by atoms with E-state index < -0.39 is 54.9 Å². The summed E-state index contributed by atoms with van der Waals surface area (Å²) >= 11 is 0. The minimum absolute atomic E-state index is 0. The number of pyridine rings is 3. The number of aromatic nitrogens is 3. The van der Waals surface area contributed by atoms with Crippen LogP contribution in [0.4, 0.5) is 0 Å². The van der Waals surface area contributed by atoms with Crippen LogP contribution in [0.1, 0.15) is 58.1 Å². The summed E-state index contributed by atoms with van der Waals surface area (Å²) in [6.07, 6.45) is -15.0. The van der Waals surface area contributed by atoms with Gasteiger partial charge in [0.25, 0.3) is 0 Å². The first-order valence-corrected chi connectivity index (χ1v) is 19.9. The van der Waals surface area contributed by atoms with Crippen LogP contribution < -0.4 is 0 Å². The first-order valence-electron chi connectivity index (χ1n) is 26.9. The van der Waals surface area contributed by atoms with Crippen LogP contribution in [0, 0.1) is 29.5 Å². The van der Waals surface area contributed by atoms with Crippen LogP contribution in [0.15, 0.2) is 181 Å². The van der Waals surface area contributed by atoms with Gasteiger partial charge in [-0.3, -0.25) is 0 Å². The Morgan fingerprint density at radius 3 is 1.55 bits per heavy atom. The van der Waals surface area contributed by atoms with E-state index >= 15 is 0 Å². The number of hydrogen-bond donors (Lipinski definition) is 0. The van der Waals surface area contributed by atoms with Crippen LogP contribution in [0.3, 0.4) is 0 Å². The molecule has 308 valence electrons. The zero-order valence-electron chi connectivity index (χ0n) is 47.6. The number of furan rings is 1. The molecule has 0 N–H and O–H groups in total. The Morgan fingerprint density at radius 2 is 1.06 bits per heavy atom. The average molecular weight is 1020 g/mol. The van der Waals surface area contributed by atoms with Crippen molar-refractivity contribution in [3.8, 4) is 51.0 Å². The Kier molecular flexibility index (Phi) is 8.61. The summed E-state index contributed by atoms with van der Waals surface area (Å²) in [5.74, 6) is 0. The van der Waals surface area contributed by atoms with Crippen molar-refractivity contribution < 1.29 is 43.7 Å². The fourth-order valence-electron chi connectivity index (χ4n) is 7.05. The Morgan fingerprint density at radius 1 is 0.547 bits per heavy atom. The monoisotopic (exact) mass is 1020 g/mol. The Balaban J connectivity index is 0.00000740. The zero-order valence-corrected chi connectivity index (χ0v) is 36.0. The van der Waals surface area contributed by atoms with Crippen LogP contribution in [0.5, 0.6) is 0 Å². The maximum absolute atomic E-state index is 10.0. The van der Waals surface area contributed by atoms with Crippen molar-refractivity contribution in [3.63, 3.8) is 0 Å². The topological polar surface area (TPSA) is 75.6 Å². The average Bonchev–Trinajstić information content (AvgIpc) is 3.96. The number of rotatable bonds is 13. The molecule has 0 fully saturated rings. The number of benzene rings is 6. The summed E-state index contributed by atoms with van der Waals surface area (Å²) in [5, 5.41) is 10.9. The van der Waals surface area contributed by atoms with Gasteiger partial charge in [0.2, 0.25) is 0 Å². The van der Waals surface area contributed by atoms with Gasteiger partial charge < -0.3 is 19.4 Å². The molecule has 10 rings (SSSR count). The molecule has 0 spiro atoms. The molecular weight excluding hydrogens is 961 g/mol. The third kappa shape index (κ3) is 9.38. The summed E-state index contributed by atoms with van der Waals surface area (Å²) < 4.78 is 137. The zero-order chi connectivity index (χ0) is 54.9. The largest absolute Gasteiger partial charge is 3.00 e. The molecule has 0 radical (unpaired) electrons. The Hall–Kier alpha value is -7.29. The third-order valence-corrected chi connectivity index (χ3v) is 10.1. The van der Waals surface area contributed by atoms with Crippen molar-refractivity contribution in [1.82, 2.24) is 15.0 Å². The molecular formula is C58H41IrN4O. The first-order chi connectivity index (χ1) is 36.5. The SMILES string of the molecule is [2H]c1c(C#N)c([2H])c2oc3c(-c4ccc(C([2H])([2H])C([2H])([2H])c5cc(C([2H])([2H])C([2H])([2H])c6ccc(-c7[c-]cccc7)nc6)cc(C([2H])([2H])C([2H])([2H])c6ccc(-c7[c-]cccc7)nc6)c5)cn4)[c-]ccc3c2c1-c1ccccc1.[Ir+3]. The molecule has 0 aliphatic carbocycles. The molecule has 0 saturated carbocycles. The standard InChI is InChI=1S/C58H41N4O.Ir/c59-36-46-34-52(47-11-4-1-5-12-47)57-51-18-10-17-50(58(51)63-56(57)35-46)55-30-27-42(39-62-55)21-24-45-32-43(22-19-40-25-28-53(60-37-40)48-13-6-2-7-14-48)31-44(33-45)23-20-41-26-29-54(61-38-41)49-15-8-3-9-16-49;/h1-13,15,18,25-35,37-39H,19-24H2;/q-3;+3/i19D2,20D2,21D2,22D2,23D2,24D2,34D,35D;. The normalized spacial score (nSPS) is 15.6. The van der Waals surface area contributed by atoms with E-state index in [4.69, 9.17) is 7.16 Å². The van der Waals surface area contributed by atoms with Gasteiger partial charge in [-0.2, -0.15) is 5.26 Å². The fraction of sp³-hybridized carbons (Fsp3) is 0.103. The molecule has 10 aromatic rings. The van der Waals surface area contributed by atoms with Gasteiger partial charge in [0.15, 0.2) is 0 Å². The summed E-state index contributed by atoms with van der Waals surface area (Å²) in [4.78, 5) is 13.3. The van der Waals surface area contributed by atoms with Crippen molar-refractivity contribution in [1.29, 1.82) is 5.26 Å². The molecule has 0 saturated heterocycles. The van der Waals surface area contributed by atoms with Gasteiger partial charge in [-0.1, -0.05) is 95.9 Å². The second-order valence-corrected chi connectivity index (χ2v) is 14.3. The van der Waals surface area contributed by atoms with Gasteiger partial charge in [-0.05, 0) is 112 Å². The van der Waals surface area contributed by atoms with Gasteiger partial charge in [0, 0.05) is 40.4 Å². The van der Waals surface area contributed by atoms with Crippen molar-refractivity contribution in [2.75, 3.05) is 0 Å². The minimum atomic E-state index is -3.19. The minimum Gasteiger partial charge on any atom is -0.501 e. The molecule has 0 atom stereocenters. The molecule has 64 heavy (non-hydrogen) atoms. The predicted molar refractivity (Wildman–Crippen MR) is 252 cm³/mol. The van der Waals surface area contributed by atoms with E-state index in [0.717, 1.165) is 36.8 Å². The molecule has 4 heterocycles. The van der Waals surface area contributed by atoms with Crippen molar-refractivity contribution >= 4 is 21.9 Å². The molecule has 0 bridgehead atoms. The maximum atomic E-state index is 10.0. The summed E-state index contributed by atoms with van der Waals surface area (Å²) in [6.45, 7) is 0. The summed E-state index contributed by atoms with van der Waals surface area (Å²) in [7, 11) is 0.